The number of benzene rings is 1. The number of hydrogen-bond acceptors (Lipinski definition) is 6. The Hall–Kier alpha value is -2.48. The van der Waals surface area contributed by atoms with Gasteiger partial charge in [-0.25, -0.2) is 4.98 Å². The summed E-state index contributed by atoms with van der Waals surface area (Å²) in [5.41, 5.74) is 2.09. The van der Waals surface area contributed by atoms with Gasteiger partial charge in [0.15, 0.2) is 0 Å². The number of anilines is 2. The lowest BCUT2D eigenvalue weighted by atomic mass is 9.97. The summed E-state index contributed by atoms with van der Waals surface area (Å²) in [6.07, 6.45) is 1.84. The van der Waals surface area contributed by atoms with E-state index in [2.05, 4.69) is 44.9 Å². The maximum atomic E-state index is 12.8. The fourth-order valence-corrected chi connectivity index (χ4v) is 4.26. The van der Waals surface area contributed by atoms with Gasteiger partial charge in [-0.2, -0.15) is 0 Å². The van der Waals surface area contributed by atoms with E-state index in [-0.39, 0.29) is 11.8 Å². The molecule has 0 radical (unpaired) electrons. The molecule has 4 rings (SSSR count). The van der Waals surface area contributed by atoms with Crippen molar-refractivity contribution in [3.63, 3.8) is 0 Å². The van der Waals surface area contributed by atoms with Gasteiger partial charge in [-0.15, -0.1) is 10.2 Å². The number of hydrogen-bond donors (Lipinski definition) is 1. The molecule has 7 nitrogen and oxygen atoms in total. The molecule has 8 heteroatoms. The van der Waals surface area contributed by atoms with E-state index < -0.39 is 0 Å². The van der Waals surface area contributed by atoms with E-state index in [9.17, 15) is 4.79 Å². The van der Waals surface area contributed by atoms with E-state index in [0.29, 0.717) is 17.6 Å². The Balaban J connectivity index is 1.48. The highest BCUT2D eigenvalue weighted by atomic mass is 32.1. The topological polar surface area (TPSA) is 75.9 Å². The van der Waals surface area contributed by atoms with Gasteiger partial charge < -0.3 is 14.8 Å². The number of fused-ring (bicyclic) bond motifs is 1. The Morgan fingerprint density at radius 1 is 1.30 bits per heavy atom. The highest BCUT2D eigenvalue weighted by Crippen LogP contribution is 2.27. The Bertz CT molecular complexity index is 962. The average Bonchev–Trinajstić information content (AvgIpc) is 3.27. The number of piperidine rings is 1. The molecule has 1 amide bonds. The molecule has 1 N–H and O–H groups in total. The van der Waals surface area contributed by atoms with Crippen LogP contribution in [0.15, 0.2) is 24.3 Å². The minimum absolute atomic E-state index is 0.0184. The molecular formula is C19H24N6OS. The molecule has 0 aliphatic carbocycles. The van der Waals surface area contributed by atoms with Crippen LogP contribution in [0, 0.1) is 5.92 Å². The van der Waals surface area contributed by atoms with Crippen LogP contribution in [0.2, 0.25) is 0 Å². The fourth-order valence-electron chi connectivity index (χ4n) is 3.51. The summed E-state index contributed by atoms with van der Waals surface area (Å²) in [6, 6.07) is 8.11. The third-order valence-electron chi connectivity index (χ3n) is 5.00. The van der Waals surface area contributed by atoms with Crippen molar-refractivity contribution in [1.82, 2.24) is 19.7 Å². The lowest BCUT2D eigenvalue weighted by Gasteiger charge is -2.32. The van der Waals surface area contributed by atoms with Crippen LogP contribution in [0.25, 0.3) is 11.0 Å². The smallest absolute Gasteiger partial charge is 0.231 e. The van der Waals surface area contributed by atoms with E-state index in [1.54, 1.807) is 0 Å². The van der Waals surface area contributed by atoms with E-state index in [0.717, 1.165) is 41.4 Å². The van der Waals surface area contributed by atoms with Crippen molar-refractivity contribution >= 4 is 39.4 Å². The molecule has 1 fully saturated rings. The quantitative estimate of drug-likeness (QED) is 0.746. The second-order valence-electron chi connectivity index (χ2n) is 7.33. The fraction of sp³-hybridized carbons (Fsp3) is 0.474. The van der Waals surface area contributed by atoms with E-state index >= 15 is 0 Å². The monoisotopic (exact) mass is 384 g/mol. The Morgan fingerprint density at radius 3 is 2.85 bits per heavy atom. The maximum absolute atomic E-state index is 12.8. The van der Waals surface area contributed by atoms with Crippen molar-refractivity contribution in [2.24, 2.45) is 13.0 Å². The largest absolute Gasteiger partial charge is 0.341 e. The van der Waals surface area contributed by atoms with Gasteiger partial charge in [0, 0.05) is 26.1 Å². The molecule has 1 aliphatic heterocycles. The predicted octanol–water partition coefficient (Wildman–Crippen LogP) is 3.40. The van der Waals surface area contributed by atoms with Crippen LogP contribution >= 0.6 is 11.3 Å². The van der Waals surface area contributed by atoms with Crippen molar-refractivity contribution in [3.8, 4) is 0 Å². The van der Waals surface area contributed by atoms with Gasteiger partial charge in [-0.05, 0) is 25.0 Å². The molecule has 3 aromatic rings. The molecule has 2 aromatic heterocycles. The first-order valence-electron chi connectivity index (χ1n) is 9.33. The molecule has 1 aliphatic rings. The van der Waals surface area contributed by atoms with E-state index in [1.807, 2.05) is 25.2 Å². The number of rotatable bonds is 4. The zero-order valence-corrected chi connectivity index (χ0v) is 16.7. The summed E-state index contributed by atoms with van der Waals surface area (Å²) < 4.78 is 2.11. The van der Waals surface area contributed by atoms with Crippen molar-refractivity contribution in [3.05, 3.63) is 29.3 Å². The van der Waals surface area contributed by atoms with Crippen LogP contribution in [0.4, 0.5) is 11.1 Å². The highest BCUT2D eigenvalue weighted by Gasteiger charge is 2.29. The van der Waals surface area contributed by atoms with Gasteiger partial charge in [-0.1, -0.05) is 37.3 Å². The second-order valence-corrected chi connectivity index (χ2v) is 8.34. The summed E-state index contributed by atoms with van der Waals surface area (Å²) in [6.45, 7) is 5.72. The molecule has 1 saturated heterocycles. The minimum atomic E-state index is -0.0787. The molecule has 1 aromatic carbocycles. The zero-order valence-electron chi connectivity index (χ0n) is 15.8. The molecule has 3 heterocycles. The van der Waals surface area contributed by atoms with Gasteiger partial charge in [-0.3, -0.25) is 4.79 Å². The first-order chi connectivity index (χ1) is 13.0. The van der Waals surface area contributed by atoms with Crippen molar-refractivity contribution in [2.45, 2.75) is 32.6 Å². The van der Waals surface area contributed by atoms with Crippen LogP contribution in [-0.2, 0) is 11.8 Å². The van der Waals surface area contributed by atoms with E-state index in [1.165, 1.54) is 11.3 Å². The number of nitrogens with zero attached hydrogens (tertiary/aromatic N) is 5. The number of amides is 1. The summed E-state index contributed by atoms with van der Waals surface area (Å²) >= 11 is 1.45. The number of carbonyl (C=O) groups is 1. The van der Waals surface area contributed by atoms with Crippen LogP contribution in [0.1, 0.15) is 37.6 Å². The predicted molar refractivity (Wildman–Crippen MR) is 108 cm³/mol. The van der Waals surface area contributed by atoms with E-state index in [4.69, 9.17) is 4.98 Å². The van der Waals surface area contributed by atoms with Gasteiger partial charge in [0.2, 0.25) is 17.0 Å². The summed E-state index contributed by atoms with van der Waals surface area (Å²) in [4.78, 5) is 19.7. The lowest BCUT2D eigenvalue weighted by molar-refractivity contribution is -0.120. The van der Waals surface area contributed by atoms with Crippen LogP contribution in [0.5, 0.6) is 0 Å². The normalized spacial score (nSPS) is 17.6. The molecular weight excluding hydrogens is 360 g/mol. The number of para-hydroxylation sites is 2. The average molecular weight is 385 g/mol. The SMILES string of the molecule is CC(C)c1nnc(NC(=O)[C@@H]2CCCN(c3nc4ccccc4n3C)C2)s1. The Kier molecular flexibility index (Phi) is 4.82. The third kappa shape index (κ3) is 3.53. The number of carbonyl (C=O) groups excluding carboxylic acids is 1. The molecule has 142 valence electrons. The van der Waals surface area contributed by atoms with Crippen molar-refractivity contribution < 1.29 is 4.79 Å². The molecule has 0 spiro atoms. The number of aromatic nitrogens is 4. The van der Waals surface area contributed by atoms with Gasteiger partial charge in [0.1, 0.15) is 5.01 Å². The van der Waals surface area contributed by atoms with Crippen molar-refractivity contribution in [2.75, 3.05) is 23.3 Å². The minimum Gasteiger partial charge on any atom is -0.341 e. The molecule has 1 atom stereocenters. The van der Waals surface area contributed by atoms with Crippen LogP contribution < -0.4 is 10.2 Å². The van der Waals surface area contributed by atoms with Crippen molar-refractivity contribution in [1.29, 1.82) is 0 Å². The Morgan fingerprint density at radius 2 is 2.11 bits per heavy atom. The molecule has 0 bridgehead atoms. The second kappa shape index (κ2) is 7.26. The highest BCUT2D eigenvalue weighted by molar-refractivity contribution is 7.15. The maximum Gasteiger partial charge on any atom is 0.231 e. The van der Waals surface area contributed by atoms with Crippen LogP contribution in [-0.4, -0.2) is 38.7 Å². The summed E-state index contributed by atoms with van der Waals surface area (Å²) in [7, 11) is 2.03. The number of imidazole rings is 1. The zero-order chi connectivity index (χ0) is 19.0. The van der Waals surface area contributed by atoms with Gasteiger partial charge >= 0.3 is 0 Å². The third-order valence-corrected chi connectivity index (χ3v) is 6.14. The first-order valence-corrected chi connectivity index (χ1v) is 10.1. The standard InChI is InChI=1S/C19H24N6OS/c1-12(2)17-22-23-18(27-17)21-16(26)13-7-6-10-25(11-13)19-20-14-8-4-5-9-15(14)24(19)3/h4-5,8-9,12-13H,6-7,10-11H2,1-3H3,(H,21,23,26)/t13-/m1/s1. The lowest BCUT2D eigenvalue weighted by Crippen LogP contribution is -2.41. The van der Waals surface area contributed by atoms with Gasteiger partial charge in [0.05, 0.1) is 17.0 Å². The number of nitrogens with one attached hydrogen (secondary N) is 1. The molecule has 0 saturated carbocycles. The Labute approximate surface area is 162 Å². The molecule has 27 heavy (non-hydrogen) atoms. The summed E-state index contributed by atoms with van der Waals surface area (Å²) in [5, 5.41) is 12.7. The number of aryl methyl sites for hydroxylation is 1. The van der Waals surface area contributed by atoms with Gasteiger partial charge in [0.25, 0.3) is 0 Å². The van der Waals surface area contributed by atoms with Crippen LogP contribution in [0.3, 0.4) is 0 Å². The molecule has 0 unspecified atom stereocenters. The first kappa shape index (κ1) is 17.9. The summed E-state index contributed by atoms with van der Waals surface area (Å²) in [5.74, 6) is 1.18.